The molecule has 1 fully saturated rings. The van der Waals surface area contributed by atoms with Crippen molar-refractivity contribution < 1.29 is 0 Å². The van der Waals surface area contributed by atoms with Crippen molar-refractivity contribution in [2.24, 2.45) is 30.5 Å². The van der Waals surface area contributed by atoms with Crippen molar-refractivity contribution >= 4 is 0 Å². The van der Waals surface area contributed by atoms with E-state index in [-0.39, 0.29) is 0 Å². The summed E-state index contributed by atoms with van der Waals surface area (Å²) in [4.78, 5) is 1.53. The highest BCUT2D eigenvalue weighted by Crippen LogP contribution is 2.34. The molecule has 0 aliphatic heterocycles. The van der Waals surface area contributed by atoms with Gasteiger partial charge in [-0.3, -0.25) is 0 Å². The maximum atomic E-state index is 5.84. The minimum atomic E-state index is 0.637. The first-order chi connectivity index (χ1) is 7.69. The van der Waals surface area contributed by atoms with Crippen molar-refractivity contribution in [2.75, 3.05) is 6.54 Å². The normalized spacial score (nSPS) is 30.6. The molecule has 0 saturated heterocycles. The summed E-state index contributed by atoms with van der Waals surface area (Å²) in [7, 11) is 1.81. The topological polar surface area (TPSA) is 69.6 Å². The van der Waals surface area contributed by atoms with Crippen LogP contribution in [0.3, 0.4) is 0 Å². The number of hydrogen-bond donors (Lipinski definition) is 1. The molecule has 0 spiro atoms. The molecule has 0 aromatic carbocycles. The van der Waals surface area contributed by atoms with E-state index in [0.717, 1.165) is 24.7 Å². The van der Waals surface area contributed by atoms with E-state index >= 15 is 0 Å². The van der Waals surface area contributed by atoms with Crippen LogP contribution in [0.2, 0.25) is 0 Å². The summed E-state index contributed by atoms with van der Waals surface area (Å²) in [6, 6.07) is 0. The number of nitrogens with two attached hydrogens (primary N) is 1. The van der Waals surface area contributed by atoms with Gasteiger partial charge in [0.15, 0.2) is 5.82 Å². The highest BCUT2D eigenvalue weighted by atomic mass is 15.6. The molecule has 1 aromatic heterocycles. The van der Waals surface area contributed by atoms with E-state index in [1.165, 1.54) is 24.1 Å². The Morgan fingerprint density at radius 1 is 1.38 bits per heavy atom. The van der Waals surface area contributed by atoms with Crippen LogP contribution in [0.1, 0.15) is 32.0 Å². The zero-order chi connectivity index (χ0) is 11.5. The molecular formula is C11H21N5. The average molecular weight is 223 g/mol. The quantitative estimate of drug-likeness (QED) is 0.821. The molecule has 1 heterocycles. The minimum absolute atomic E-state index is 0.637. The fraction of sp³-hybridized carbons (Fsp3) is 0.909. The zero-order valence-corrected chi connectivity index (χ0v) is 10.1. The molecule has 1 aliphatic carbocycles. The lowest BCUT2D eigenvalue weighted by Crippen LogP contribution is -2.31. The molecule has 1 saturated carbocycles. The van der Waals surface area contributed by atoms with Gasteiger partial charge >= 0.3 is 0 Å². The third kappa shape index (κ3) is 2.58. The third-order valence-corrected chi connectivity index (χ3v) is 3.70. The summed E-state index contributed by atoms with van der Waals surface area (Å²) in [6.07, 6.45) is 4.75. The largest absolute Gasteiger partial charge is 0.330 e. The minimum Gasteiger partial charge on any atom is -0.330 e. The summed E-state index contributed by atoms with van der Waals surface area (Å²) in [5.41, 5.74) is 5.84. The number of rotatable bonds is 3. The molecule has 90 valence electrons. The van der Waals surface area contributed by atoms with Crippen LogP contribution >= 0.6 is 0 Å². The molecule has 3 unspecified atom stereocenters. The predicted molar refractivity (Wildman–Crippen MR) is 61.6 cm³/mol. The Hall–Kier alpha value is -0.970. The molecule has 0 amide bonds. The Bertz CT molecular complexity index is 335. The number of aryl methyl sites for hydroxylation is 1. The predicted octanol–water partition coefficient (Wildman–Crippen LogP) is 0.764. The van der Waals surface area contributed by atoms with E-state index in [2.05, 4.69) is 22.3 Å². The first kappa shape index (κ1) is 11.5. The van der Waals surface area contributed by atoms with Crippen LogP contribution in [0, 0.1) is 17.8 Å². The Kier molecular flexibility index (Phi) is 3.53. The zero-order valence-electron chi connectivity index (χ0n) is 10.1. The van der Waals surface area contributed by atoms with Gasteiger partial charge in [-0.1, -0.05) is 13.3 Å². The first-order valence-electron chi connectivity index (χ1n) is 6.12. The Morgan fingerprint density at radius 2 is 2.19 bits per heavy atom. The van der Waals surface area contributed by atoms with Crippen LogP contribution in [0.4, 0.5) is 0 Å². The second-order valence-corrected chi connectivity index (χ2v) is 5.07. The molecular weight excluding hydrogens is 202 g/mol. The van der Waals surface area contributed by atoms with Crippen molar-refractivity contribution in [3.05, 3.63) is 5.82 Å². The Labute approximate surface area is 96.4 Å². The van der Waals surface area contributed by atoms with E-state index in [1.54, 1.807) is 7.05 Å². The maximum Gasteiger partial charge on any atom is 0.175 e. The lowest BCUT2D eigenvalue weighted by Gasteiger charge is -2.33. The SMILES string of the molecule is CC1CCC(CN)C(Cc2nnn(C)n2)C1. The molecule has 16 heavy (non-hydrogen) atoms. The summed E-state index contributed by atoms with van der Waals surface area (Å²) in [6.45, 7) is 3.11. The van der Waals surface area contributed by atoms with Gasteiger partial charge in [0, 0.05) is 6.42 Å². The summed E-state index contributed by atoms with van der Waals surface area (Å²) >= 11 is 0. The van der Waals surface area contributed by atoms with E-state index < -0.39 is 0 Å². The molecule has 0 radical (unpaired) electrons. The van der Waals surface area contributed by atoms with Crippen molar-refractivity contribution in [2.45, 2.75) is 32.6 Å². The summed E-state index contributed by atoms with van der Waals surface area (Å²) < 4.78 is 0. The van der Waals surface area contributed by atoms with Crippen molar-refractivity contribution in [3.8, 4) is 0 Å². The number of tetrazole rings is 1. The molecule has 5 heteroatoms. The Morgan fingerprint density at radius 3 is 2.81 bits per heavy atom. The van der Waals surface area contributed by atoms with E-state index in [0.29, 0.717) is 11.8 Å². The van der Waals surface area contributed by atoms with Gasteiger partial charge in [0.25, 0.3) is 0 Å². The van der Waals surface area contributed by atoms with E-state index in [1.807, 2.05) is 0 Å². The molecule has 1 aliphatic rings. The van der Waals surface area contributed by atoms with Gasteiger partial charge in [-0.2, -0.15) is 4.80 Å². The number of aromatic nitrogens is 4. The molecule has 0 bridgehead atoms. The lowest BCUT2D eigenvalue weighted by molar-refractivity contribution is 0.191. The van der Waals surface area contributed by atoms with Crippen molar-refractivity contribution in [1.29, 1.82) is 0 Å². The third-order valence-electron chi connectivity index (χ3n) is 3.70. The molecule has 2 N–H and O–H groups in total. The van der Waals surface area contributed by atoms with Gasteiger partial charge in [0.1, 0.15) is 0 Å². The van der Waals surface area contributed by atoms with Crippen LogP contribution < -0.4 is 5.73 Å². The van der Waals surface area contributed by atoms with Crippen molar-refractivity contribution in [1.82, 2.24) is 20.2 Å². The van der Waals surface area contributed by atoms with Gasteiger partial charge in [-0.25, -0.2) is 0 Å². The summed E-state index contributed by atoms with van der Waals surface area (Å²) in [5, 5.41) is 12.2. The fourth-order valence-corrected chi connectivity index (χ4v) is 2.76. The molecule has 5 nitrogen and oxygen atoms in total. The Balaban J connectivity index is 2.00. The van der Waals surface area contributed by atoms with Crippen molar-refractivity contribution in [3.63, 3.8) is 0 Å². The molecule has 2 rings (SSSR count). The van der Waals surface area contributed by atoms with Gasteiger partial charge in [-0.05, 0) is 42.4 Å². The smallest absolute Gasteiger partial charge is 0.175 e. The van der Waals surface area contributed by atoms with Crippen LogP contribution in [0.5, 0.6) is 0 Å². The van der Waals surface area contributed by atoms with E-state index in [9.17, 15) is 0 Å². The van der Waals surface area contributed by atoms with Gasteiger partial charge < -0.3 is 5.73 Å². The second-order valence-electron chi connectivity index (χ2n) is 5.07. The van der Waals surface area contributed by atoms with Gasteiger partial charge in [0.05, 0.1) is 7.05 Å². The van der Waals surface area contributed by atoms with Gasteiger partial charge in [-0.15, -0.1) is 10.2 Å². The molecule has 3 atom stereocenters. The standard InChI is InChI=1S/C11H21N5/c1-8-3-4-9(7-12)10(5-8)6-11-13-15-16(2)14-11/h8-10H,3-7,12H2,1-2H3. The van der Waals surface area contributed by atoms with Gasteiger partial charge in [0.2, 0.25) is 0 Å². The molecule has 1 aromatic rings. The first-order valence-corrected chi connectivity index (χ1v) is 6.12. The highest BCUT2D eigenvalue weighted by molar-refractivity contribution is 4.87. The number of nitrogens with zero attached hydrogens (tertiary/aromatic N) is 4. The maximum absolute atomic E-state index is 5.84. The lowest BCUT2D eigenvalue weighted by atomic mass is 9.73. The average Bonchev–Trinajstić information content (AvgIpc) is 2.64. The highest BCUT2D eigenvalue weighted by Gasteiger charge is 2.28. The number of hydrogen-bond acceptors (Lipinski definition) is 4. The van der Waals surface area contributed by atoms with Crippen LogP contribution in [-0.4, -0.2) is 26.8 Å². The monoisotopic (exact) mass is 223 g/mol. The van der Waals surface area contributed by atoms with Crippen LogP contribution in [-0.2, 0) is 13.5 Å². The summed E-state index contributed by atoms with van der Waals surface area (Å²) in [5.74, 6) is 2.95. The second kappa shape index (κ2) is 4.91. The fourth-order valence-electron chi connectivity index (χ4n) is 2.76. The van der Waals surface area contributed by atoms with E-state index in [4.69, 9.17) is 5.73 Å². The van der Waals surface area contributed by atoms with Crippen LogP contribution in [0.25, 0.3) is 0 Å². The van der Waals surface area contributed by atoms with Crippen LogP contribution in [0.15, 0.2) is 0 Å².